The predicted molar refractivity (Wildman–Crippen MR) is 130 cm³/mol. The summed E-state index contributed by atoms with van der Waals surface area (Å²) in [6.07, 6.45) is 1.38. The first-order valence-electron chi connectivity index (χ1n) is 10.6. The third kappa shape index (κ3) is 5.26. The maximum absolute atomic E-state index is 14.1. The molecule has 3 aromatic rings. The van der Waals surface area contributed by atoms with Crippen molar-refractivity contribution in [2.75, 3.05) is 18.4 Å². The van der Waals surface area contributed by atoms with Gasteiger partial charge in [-0.15, -0.1) is 22.7 Å². The minimum absolute atomic E-state index is 0.0809. The number of halogens is 2. The van der Waals surface area contributed by atoms with Crippen LogP contribution in [0, 0.1) is 5.82 Å². The van der Waals surface area contributed by atoms with Crippen LogP contribution in [-0.4, -0.2) is 39.8 Å². The van der Waals surface area contributed by atoms with Crippen LogP contribution in [-0.2, 0) is 5.41 Å². The molecule has 0 aliphatic carbocycles. The molecule has 1 N–H and O–H groups in total. The molecule has 0 spiro atoms. The molecule has 0 radical (unpaired) electrons. The lowest BCUT2D eigenvalue weighted by atomic mass is 9.93. The van der Waals surface area contributed by atoms with Gasteiger partial charge in [-0.1, -0.05) is 38.4 Å². The van der Waals surface area contributed by atoms with Crippen molar-refractivity contribution in [1.29, 1.82) is 0 Å². The van der Waals surface area contributed by atoms with Crippen molar-refractivity contribution < 1.29 is 14.0 Å². The molecular formula is C23H24ClFN4O2S2. The van der Waals surface area contributed by atoms with Crippen LogP contribution in [0.1, 0.15) is 71.1 Å². The van der Waals surface area contributed by atoms with Crippen LogP contribution in [0.3, 0.4) is 0 Å². The van der Waals surface area contributed by atoms with E-state index >= 15 is 0 Å². The van der Waals surface area contributed by atoms with Crippen molar-refractivity contribution in [1.82, 2.24) is 14.9 Å². The van der Waals surface area contributed by atoms with Gasteiger partial charge in [-0.05, 0) is 25.0 Å². The molecular weight excluding hydrogens is 483 g/mol. The normalized spacial score (nSPS) is 15.0. The number of carbonyl (C=O) groups is 2. The summed E-state index contributed by atoms with van der Waals surface area (Å²) in [5, 5.41) is 8.07. The van der Waals surface area contributed by atoms with Gasteiger partial charge in [-0.25, -0.2) is 14.4 Å². The summed E-state index contributed by atoms with van der Waals surface area (Å²) in [5.41, 5.74) is 1.13. The first-order valence-corrected chi connectivity index (χ1v) is 12.7. The molecule has 1 aliphatic rings. The van der Waals surface area contributed by atoms with Crippen LogP contribution >= 0.6 is 34.3 Å². The Labute approximate surface area is 204 Å². The number of anilines is 1. The van der Waals surface area contributed by atoms with Gasteiger partial charge in [0.15, 0.2) is 5.13 Å². The highest BCUT2D eigenvalue weighted by Gasteiger charge is 2.29. The van der Waals surface area contributed by atoms with E-state index in [1.165, 1.54) is 40.9 Å². The Morgan fingerprint density at radius 2 is 1.88 bits per heavy atom. The number of amides is 2. The summed E-state index contributed by atoms with van der Waals surface area (Å²) in [6.45, 7) is 7.17. The number of aromatic nitrogens is 2. The predicted octanol–water partition coefficient (Wildman–Crippen LogP) is 5.96. The van der Waals surface area contributed by atoms with E-state index in [-0.39, 0.29) is 27.8 Å². The first kappa shape index (κ1) is 23.8. The highest BCUT2D eigenvalue weighted by Crippen LogP contribution is 2.32. The van der Waals surface area contributed by atoms with Crippen LogP contribution in [0.15, 0.2) is 29.0 Å². The van der Waals surface area contributed by atoms with Crippen LogP contribution in [0.4, 0.5) is 9.52 Å². The second kappa shape index (κ2) is 9.48. The molecule has 2 amide bonds. The third-order valence-electron chi connectivity index (χ3n) is 5.56. The third-order valence-corrected chi connectivity index (χ3v) is 7.64. The average molecular weight is 507 g/mol. The quantitative estimate of drug-likeness (QED) is 0.473. The van der Waals surface area contributed by atoms with E-state index in [1.54, 1.807) is 10.3 Å². The Bertz CT molecular complexity index is 1160. The molecule has 2 aromatic heterocycles. The van der Waals surface area contributed by atoms with Crippen LogP contribution in [0.2, 0.25) is 5.02 Å². The summed E-state index contributed by atoms with van der Waals surface area (Å²) in [4.78, 5) is 36.0. The number of rotatable bonds is 4. The van der Waals surface area contributed by atoms with E-state index in [9.17, 15) is 14.0 Å². The summed E-state index contributed by atoms with van der Waals surface area (Å²) in [7, 11) is 0. The van der Waals surface area contributed by atoms with Gasteiger partial charge in [0.1, 0.15) is 11.5 Å². The Balaban J connectivity index is 1.36. The first-order chi connectivity index (χ1) is 15.6. The fraction of sp³-hybridized carbons (Fsp3) is 0.391. The van der Waals surface area contributed by atoms with Crippen molar-refractivity contribution in [3.8, 4) is 0 Å². The molecule has 174 valence electrons. The minimum Gasteiger partial charge on any atom is -0.338 e. The number of hydrogen-bond donors (Lipinski definition) is 1. The molecule has 1 aliphatic heterocycles. The maximum atomic E-state index is 14.1. The fourth-order valence-electron chi connectivity index (χ4n) is 3.61. The van der Waals surface area contributed by atoms with Gasteiger partial charge < -0.3 is 4.90 Å². The molecule has 6 nitrogen and oxygen atoms in total. The molecule has 10 heteroatoms. The number of benzene rings is 1. The number of likely N-dealkylation sites (tertiary alicyclic amines) is 1. The van der Waals surface area contributed by atoms with Crippen LogP contribution < -0.4 is 5.32 Å². The second-order valence-corrected chi connectivity index (χ2v) is 11.1. The molecule has 4 rings (SSSR count). The molecule has 33 heavy (non-hydrogen) atoms. The Morgan fingerprint density at radius 3 is 2.52 bits per heavy atom. The molecule has 0 atom stereocenters. The lowest BCUT2D eigenvalue weighted by Crippen LogP contribution is -2.38. The molecule has 0 saturated carbocycles. The number of nitrogens with one attached hydrogen (secondary N) is 1. The fourth-order valence-corrected chi connectivity index (χ4v) is 5.75. The topological polar surface area (TPSA) is 75.2 Å². The van der Waals surface area contributed by atoms with Gasteiger partial charge in [0.05, 0.1) is 21.3 Å². The van der Waals surface area contributed by atoms with E-state index in [0.717, 1.165) is 10.7 Å². The lowest BCUT2D eigenvalue weighted by molar-refractivity contribution is 0.0708. The number of carbonyl (C=O) groups excluding carboxylic acids is 2. The standard InChI is InChI=1S/C23H24ClFN4O2S2/c1-23(2,3)17-12-33-22(27-17)28-19(30)16-11-32-20(26-16)13-7-9-29(10-8-13)21(31)18-14(24)5-4-6-15(18)25/h4-6,11-13H,7-10H2,1-3H3,(H,27,28,30). The van der Waals surface area contributed by atoms with E-state index in [4.69, 9.17) is 11.6 Å². The molecule has 1 fully saturated rings. The Hall–Kier alpha value is -2.36. The van der Waals surface area contributed by atoms with Crippen LogP contribution in [0.25, 0.3) is 0 Å². The molecule has 1 saturated heterocycles. The van der Waals surface area contributed by atoms with Gasteiger partial charge in [-0.3, -0.25) is 14.9 Å². The summed E-state index contributed by atoms with van der Waals surface area (Å²) in [6, 6.07) is 4.24. The van der Waals surface area contributed by atoms with Crippen molar-refractivity contribution >= 4 is 51.2 Å². The Morgan fingerprint density at radius 1 is 1.15 bits per heavy atom. The number of piperidine rings is 1. The largest absolute Gasteiger partial charge is 0.338 e. The maximum Gasteiger partial charge on any atom is 0.276 e. The van der Waals surface area contributed by atoms with Gasteiger partial charge in [0.25, 0.3) is 11.8 Å². The highest BCUT2D eigenvalue weighted by molar-refractivity contribution is 7.14. The van der Waals surface area contributed by atoms with Gasteiger partial charge in [0.2, 0.25) is 0 Å². The Kier molecular flexibility index (Phi) is 6.83. The second-order valence-electron chi connectivity index (χ2n) is 8.98. The number of nitrogens with zero attached hydrogens (tertiary/aromatic N) is 3. The average Bonchev–Trinajstić information content (AvgIpc) is 3.43. The van der Waals surface area contributed by atoms with Crippen molar-refractivity contribution in [3.05, 3.63) is 61.8 Å². The molecule has 0 unspecified atom stereocenters. The zero-order valence-corrected chi connectivity index (χ0v) is 20.9. The summed E-state index contributed by atoms with van der Waals surface area (Å²) in [5.74, 6) is -1.15. The number of hydrogen-bond acceptors (Lipinski definition) is 6. The molecule has 0 bridgehead atoms. The smallest absolute Gasteiger partial charge is 0.276 e. The number of thiazole rings is 2. The monoisotopic (exact) mass is 506 g/mol. The van der Waals surface area contributed by atoms with Gasteiger partial charge in [-0.2, -0.15) is 0 Å². The highest BCUT2D eigenvalue weighted by atomic mass is 35.5. The van der Waals surface area contributed by atoms with E-state index < -0.39 is 11.7 Å². The van der Waals surface area contributed by atoms with E-state index in [0.29, 0.717) is 36.8 Å². The van der Waals surface area contributed by atoms with Crippen LogP contribution in [0.5, 0.6) is 0 Å². The summed E-state index contributed by atoms with van der Waals surface area (Å²) >= 11 is 8.88. The molecule has 3 heterocycles. The zero-order valence-electron chi connectivity index (χ0n) is 18.5. The van der Waals surface area contributed by atoms with E-state index in [1.807, 2.05) is 5.38 Å². The minimum atomic E-state index is -0.611. The molecule has 1 aromatic carbocycles. The summed E-state index contributed by atoms with van der Waals surface area (Å²) < 4.78 is 14.1. The van der Waals surface area contributed by atoms with Crippen molar-refractivity contribution in [2.24, 2.45) is 0 Å². The van der Waals surface area contributed by atoms with E-state index in [2.05, 4.69) is 36.1 Å². The van der Waals surface area contributed by atoms with Crippen molar-refractivity contribution in [3.63, 3.8) is 0 Å². The van der Waals surface area contributed by atoms with Gasteiger partial charge >= 0.3 is 0 Å². The lowest BCUT2D eigenvalue weighted by Gasteiger charge is -2.31. The van der Waals surface area contributed by atoms with Crippen molar-refractivity contribution in [2.45, 2.75) is 44.9 Å². The zero-order chi connectivity index (χ0) is 23.8. The van der Waals surface area contributed by atoms with Gasteiger partial charge in [0, 0.05) is 35.2 Å². The SMILES string of the molecule is CC(C)(C)c1csc(NC(=O)c2csc(C3CCN(C(=O)c4c(F)cccc4Cl)CC3)n2)n1.